The van der Waals surface area contributed by atoms with Gasteiger partial charge in [-0.1, -0.05) is 47.0 Å². The first-order chi connectivity index (χ1) is 11.1. The highest BCUT2D eigenvalue weighted by molar-refractivity contribution is 7.90. The van der Waals surface area contributed by atoms with E-state index in [4.69, 9.17) is 0 Å². The van der Waals surface area contributed by atoms with Crippen molar-refractivity contribution in [3.05, 3.63) is 78.8 Å². The Morgan fingerprint density at radius 3 is 2.65 bits per heavy atom. The summed E-state index contributed by atoms with van der Waals surface area (Å²) in [6.07, 6.45) is 7.46. The molecule has 7 heteroatoms. The summed E-state index contributed by atoms with van der Waals surface area (Å²) in [6.45, 7) is 0. The molecule has 0 fully saturated rings. The average Bonchev–Trinajstić information content (AvgIpc) is 2.56. The van der Waals surface area contributed by atoms with Crippen LogP contribution in [-0.4, -0.2) is 18.7 Å². The van der Waals surface area contributed by atoms with Gasteiger partial charge in [-0.3, -0.25) is 5.21 Å². The number of hydrogen-bond donors (Lipinski definition) is 1. The van der Waals surface area contributed by atoms with Crippen LogP contribution in [0.1, 0.15) is 0 Å². The number of nitrogens with zero attached hydrogens (tertiary/aromatic N) is 3. The smallest absolute Gasteiger partial charge is 0.284 e. The van der Waals surface area contributed by atoms with Crippen molar-refractivity contribution in [1.82, 2.24) is 5.06 Å². The molecule has 23 heavy (non-hydrogen) atoms. The fourth-order valence-corrected chi connectivity index (χ4v) is 3.13. The molecular weight excluding hydrogens is 314 g/mol. The van der Waals surface area contributed by atoms with Gasteiger partial charge in [0, 0.05) is 11.6 Å². The molecule has 0 spiro atoms. The van der Waals surface area contributed by atoms with Crippen LogP contribution in [0, 0.1) is 0 Å². The largest absolute Gasteiger partial charge is 0.300 e. The third-order valence-corrected chi connectivity index (χ3v) is 4.46. The molecule has 0 saturated carbocycles. The van der Waals surface area contributed by atoms with Crippen molar-refractivity contribution in [2.24, 2.45) is 9.63 Å². The molecule has 1 aliphatic heterocycles. The average molecular weight is 327 g/mol. The van der Waals surface area contributed by atoms with Gasteiger partial charge in [-0.25, -0.2) is 5.06 Å². The fraction of sp³-hybridized carbons (Fsp3) is 0. The van der Waals surface area contributed by atoms with Gasteiger partial charge in [0.2, 0.25) is 0 Å². The van der Waals surface area contributed by atoms with Gasteiger partial charge >= 0.3 is 0 Å². The van der Waals surface area contributed by atoms with Gasteiger partial charge in [-0.05, 0) is 23.6 Å². The van der Waals surface area contributed by atoms with Gasteiger partial charge < -0.3 is 0 Å². The summed E-state index contributed by atoms with van der Waals surface area (Å²) in [6, 6.07) is 12.1. The highest BCUT2D eigenvalue weighted by atomic mass is 32.2. The molecule has 6 nitrogen and oxygen atoms in total. The molecule has 2 aromatic rings. The van der Waals surface area contributed by atoms with Gasteiger partial charge in [0.1, 0.15) is 0 Å². The minimum absolute atomic E-state index is 0.0951. The molecule has 0 radical (unpaired) electrons. The summed E-state index contributed by atoms with van der Waals surface area (Å²) in [5, 5.41) is 15.3. The molecule has 0 bridgehead atoms. The molecule has 1 N–H and O–H groups in total. The zero-order valence-corrected chi connectivity index (χ0v) is 12.8. The maximum Gasteiger partial charge on any atom is 0.300 e. The van der Waals surface area contributed by atoms with E-state index in [2.05, 4.69) is 9.63 Å². The van der Waals surface area contributed by atoms with Crippen LogP contribution in [0.4, 0.5) is 0 Å². The van der Waals surface area contributed by atoms with E-state index in [0.717, 1.165) is 10.4 Å². The van der Waals surface area contributed by atoms with Crippen molar-refractivity contribution in [3.63, 3.8) is 0 Å². The topological polar surface area (TPSA) is 82.3 Å². The predicted molar refractivity (Wildman–Crippen MR) is 86.0 cm³/mol. The van der Waals surface area contributed by atoms with E-state index in [1.807, 2.05) is 18.2 Å². The number of benzene rings is 2. The fourth-order valence-electron chi connectivity index (χ4n) is 2.16. The number of sulfonamides is 1. The van der Waals surface area contributed by atoms with Crippen molar-refractivity contribution in [2.75, 3.05) is 0 Å². The minimum Gasteiger partial charge on any atom is -0.284 e. The van der Waals surface area contributed by atoms with E-state index >= 15 is 0 Å². The van der Waals surface area contributed by atoms with E-state index in [-0.39, 0.29) is 4.90 Å². The van der Waals surface area contributed by atoms with Crippen molar-refractivity contribution < 1.29 is 13.6 Å². The van der Waals surface area contributed by atoms with E-state index in [9.17, 15) is 13.6 Å². The first-order valence-corrected chi connectivity index (χ1v) is 8.20. The molecule has 3 rings (SSSR count). The molecule has 1 aliphatic rings. The molecule has 0 unspecified atom stereocenters. The highest BCUT2D eigenvalue weighted by Crippen LogP contribution is 2.24. The molecule has 0 atom stereocenters. The number of hydrogen-bond acceptors (Lipinski definition) is 5. The Hall–Kier alpha value is -2.77. The summed E-state index contributed by atoms with van der Waals surface area (Å²) < 4.78 is 28.2. The van der Waals surface area contributed by atoms with Crippen LogP contribution in [0.3, 0.4) is 0 Å². The Bertz CT molecular complexity index is 954. The second-order valence-electron chi connectivity index (χ2n) is 4.75. The number of allylic oxidation sites excluding steroid dienone is 3. The molecule has 0 aliphatic carbocycles. The summed E-state index contributed by atoms with van der Waals surface area (Å²) >= 11 is 0. The summed E-state index contributed by atoms with van der Waals surface area (Å²) in [5.74, 6) is 0. The Kier molecular flexibility index (Phi) is 4.05. The third-order valence-electron chi connectivity index (χ3n) is 3.24. The van der Waals surface area contributed by atoms with Crippen LogP contribution in [0.25, 0.3) is 10.8 Å². The van der Waals surface area contributed by atoms with Gasteiger partial charge in [-0.2, -0.15) is 8.42 Å². The number of hydroxylamine groups is 2. The van der Waals surface area contributed by atoms with Crippen molar-refractivity contribution >= 4 is 20.8 Å². The SMILES string of the molecule is O=S(=O)(N=N/C=C1\C=CC=CN1O)c1cccc2ccccc12. The lowest BCUT2D eigenvalue weighted by Crippen LogP contribution is -2.10. The second-order valence-corrected chi connectivity index (χ2v) is 6.30. The second kappa shape index (κ2) is 6.15. The van der Waals surface area contributed by atoms with Crippen LogP contribution >= 0.6 is 0 Å². The lowest BCUT2D eigenvalue weighted by Gasteiger charge is -2.13. The monoisotopic (exact) mass is 327 g/mol. The van der Waals surface area contributed by atoms with Gasteiger partial charge in [-0.15, -0.1) is 5.11 Å². The van der Waals surface area contributed by atoms with Crippen LogP contribution in [-0.2, 0) is 10.0 Å². The number of fused-ring (bicyclic) bond motifs is 1. The first-order valence-electron chi connectivity index (χ1n) is 6.76. The van der Waals surface area contributed by atoms with E-state index < -0.39 is 10.0 Å². The molecule has 0 saturated heterocycles. The first kappa shape index (κ1) is 15.1. The van der Waals surface area contributed by atoms with Crippen LogP contribution < -0.4 is 0 Å². The van der Waals surface area contributed by atoms with Crippen molar-refractivity contribution in [2.45, 2.75) is 4.90 Å². The van der Waals surface area contributed by atoms with Crippen molar-refractivity contribution in [3.8, 4) is 0 Å². The Morgan fingerprint density at radius 1 is 1.04 bits per heavy atom. The zero-order valence-electron chi connectivity index (χ0n) is 11.9. The molecule has 2 aromatic carbocycles. The molecular formula is C16H13N3O3S. The Balaban J connectivity index is 1.95. The molecule has 0 aromatic heterocycles. The number of rotatable bonds is 3. The Morgan fingerprint density at radius 2 is 1.83 bits per heavy atom. The molecule has 0 amide bonds. The third kappa shape index (κ3) is 3.20. The molecule has 1 heterocycles. The summed E-state index contributed by atoms with van der Waals surface area (Å²) in [4.78, 5) is 0.0951. The van der Waals surface area contributed by atoms with Crippen LogP contribution in [0.15, 0.2) is 93.3 Å². The van der Waals surface area contributed by atoms with E-state index in [1.165, 1.54) is 18.5 Å². The van der Waals surface area contributed by atoms with Gasteiger partial charge in [0.05, 0.1) is 16.8 Å². The maximum absolute atomic E-state index is 12.4. The lowest BCUT2D eigenvalue weighted by molar-refractivity contribution is -0.000512. The van der Waals surface area contributed by atoms with E-state index in [1.54, 1.807) is 36.4 Å². The van der Waals surface area contributed by atoms with Crippen LogP contribution in [0.2, 0.25) is 0 Å². The lowest BCUT2D eigenvalue weighted by atomic mass is 10.1. The zero-order chi connectivity index (χ0) is 16.3. The van der Waals surface area contributed by atoms with Crippen molar-refractivity contribution in [1.29, 1.82) is 0 Å². The Labute approximate surface area is 133 Å². The van der Waals surface area contributed by atoms with Gasteiger partial charge in [0.25, 0.3) is 10.0 Å². The summed E-state index contributed by atoms with van der Waals surface area (Å²) in [5.41, 5.74) is 0.310. The molecule has 116 valence electrons. The van der Waals surface area contributed by atoms with Crippen LogP contribution in [0.5, 0.6) is 0 Å². The quantitative estimate of drug-likeness (QED) is 0.873. The van der Waals surface area contributed by atoms with E-state index in [0.29, 0.717) is 11.1 Å². The minimum atomic E-state index is -3.93. The predicted octanol–water partition coefficient (Wildman–Crippen LogP) is 3.60. The highest BCUT2D eigenvalue weighted by Gasteiger charge is 2.16. The standard InChI is InChI=1S/C16H13N3O3S/c20-19-11-4-3-8-14(19)12-17-18-23(21,22)16-10-5-7-13-6-1-2-9-15(13)16/h1-12,20H/b14-12+,18-17?. The maximum atomic E-state index is 12.4. The normalized spacial score (nSPS) is 16.7. The summed E-state index contributed by atoms with van der Waals surface area (Å²) in [7, 11) is -3.93. The van der Waals surface area contributed by atoms with Gasteiger partial charge in [0.15, 0.2) is 0 Å².